The number of aliphatic hydroxyl groups excluding tert-OH is 1. The normalized spacial score (nSPS) is 32.0. The zero-order valence-corrected chi connectivity index (χ0v) is 26.6. The molecule has 2 heterocycles. The largest absolute Gasteiger partial charge is 0.490 e. The number of benzene rings is 2. The second-order valence-corrected chi connectivity index (χ2v) is 14.6. The molecular weight excluding hydrogens is 564 g/mol. The molecule has 2 bridgehead atoms. The number of aliphatic hydroxyl groups is 1. The highest BCUT2D eigenvalue weighted by Crippen LogP contribution is 2.47. The summed E-state index contributed by atoms with van der Waals surface area (Å²) >= 11 is 7.99. The predicted molar refractivity (Wildman–Crippen MR) is 174 cm³/mol. The van der Waals surface area contributed by atoms with E-state index in [1.54, 1.807) is 11.9 Å². The molecule has 5 nitrogen and oxygen atoms in total. The first-order chi connectivity index (χ1) is 20.4. The van der Waals surface area contributed by atoms with E-state index in [1.165, 1.54) is 11.1 Å². The van der Waals surface area contributed by atoms with Crippen LogP contribution in [0.2, 0.25) is 5.02 Å². The number of allylic oxidation sites excluding steroid dienone is 1. The molecule has 1 fully saturated rings. The monoisotopic (exact) mass is 608 g/mol. The lowest BCUT2D eigenvalue weighted by Crippen LogP contribution is -2.49. The second-order valence-electron chi connectivity index (χ2n) is 13.1. The minimum Gasteiger partial charge on any atom is -0.490 e. The van der Waals surface area contributed by atoms with Crippen molar-refractivity contribution >= 4 is 35.1 Å². The van der Waals surface area contributed by atoms with Crippen molar-refractivity contribution in [3.63, 3.8) is 0 Å². The topological polar surface area (TPSA) is 61.8 Å². The van der Waals surface area contributed by atoms with Crippen molar-refractivity contribution in [1.82, 2.24) is 4.72 Å². The van der Waals surface area contributed by atoms with Crippen molar-refractivity contribution in [2.24, 2.45) is 17.8 Å². The van der Waals surface area contributed by atoms with Gasteiger partial charge in [0.1, 0.15) is 5.75 Å². The van der Waals surface area contributed by atoms with Crippen LogP contribution in [0.15, 0.2) is 48.6 Å². The predicted octanol–water partition coefficient (Wildman–Crippen LogP) is 7.73. The van der Waals surface area contributed by atoms with Gasteiger partial charge in [0.05, 0.1) is 18.4 Å². The van der Waals surface area contributed by atoms with Crippen LogP contribution in [0.3, 0.4) is 0 Å². The number of aryl methyl sites for hydroxylation is 1. The van der Waals surface area contributed by atoms with Gasteiger partial charge < -0.3 is 14.7 Å². The molecule has 0 radical (unpaired) electrons. The molecule has 2 N–H and O–H groups in total. The highest BCUT2D eigenvalue weighted by molar-refractivity contribution is 7.98. The zero-order chi connectivity index (χ0) is 29.3. The van der Waals surface area contributed by atoms with E-state index in [1.807, 2.05) is 30.3 Å². The van der Waals surface area contributed by atoms with E-state index in [0.717, 1.165) is 87.3 Å². The highest BCUT2D eigenvalue weighted by Gasteiger charge is 2.44. The Labute approximate surface area is 260 Å². The summed E-state index contributed by atoms with van der Waals surface area (Å²) in [6, 6.07) is 12.3. The van der Waals surface area contributed by atoms with Gasteiger partial charge in [-0.1, -0.05) is 56.5 Å². The Balaban J connectivity index is 1.36. The molecule has 0 aromatic heterocycles. The molecule has 1 saturated carbocycles. The van der Waals surface area contributed by atoms with E-state index in [9.17, 15) is 9.90 Å². The molecule has 6 atom stereocenters. The number of amides is 1. The molecule has 6 rings (SSSR count). The number of ether oxygens (including phenoxy) is 1. The molecule has 7 heteroatoms. The Morgan fingerprint density at radius 1 is 1.21 bits per heavy atom. The number of unbranched alkanes of at least 4 members (excludes halogenated alkanes) is 1. The molecule has 2 aliphatic carbocycles. The Bertz CT molecular complexity index is 1320. The van der Waals surface area contributed by atoms with Gasteiger partial charge in [0.2, 0.25) is 0 Å². The van der Waals surface area contributed by atoms with Gasteiger partial charge in [0, 0.05) is 34.3 Å². The summed E-state index contributed by atoms with van der Waals surface area (Å²) < 4.78 is 9.83. The lowest BCUT2D eigenvalue weighted by Gasteiger charge is -2.45. The fraction of sp³-hybridized carbons (Fsp3) is 0.571. The van der Waals surface area contributed by atoms with Crippen molar-refractivity contribution in [2.45, 2.75) is 88.4 Å². The fourth-order valence-electron chi connectivity index (χ4n) is 7.59. The Morgan fingerprint density at radius 2 is 2.10 bits per heavy atom. The molecular formula is C35H45ClN2O3S. The van der Waals surface area contributed by atoms with Gasteiger partial charge in [-0.05, 0) is 116 Å². The van der Waals surface area contributed by atoms with Crippen molar-refractivity contribution in [3.05, 3.63) is 70.3 Å². The number of hydrogen-bond donors (Lipinski definition) is 2. The average Bonchev–Trinajstić information content (AvgIpc) is 3.11. The Hall–Kier alpha value is -2.15. The third-order valence-electron chi connectivity index (χ3n) is 10.3. The maximum absolute atomic E-state index is 13.5. The minimum absolute atomic E-state index is 0.0485. The zero-order valence-electron chi connectivity index (χ0n) is 25.0. The summed E-state index contributed by atoms with van der Waals surface area (Å²) in [6.07, 6.45) is 13.4. The molecule has 4 aliphatic rings. The van der Waals surface area contributed by atoms with Crippen molar-refractivity contribution in [2.75, 3.05) is 24.6 Å². The highest BCUT2D eigenvalue weighted by atomic mass is 35.5. The molecule has 0 saturated heterocycles. The number of carbonyl (C=O) groups is 1. The summed E-state index contributed by atoms with van der Waals surface area (Å²) in [5.41, 5.74) is 4.16. The first-order valence-corrected chi connectivity index (χ1v) is 17.2. The number of halogens is 1. The molecule has 2 aromatic carbocycles. The number of nitrogens with one attached hydrogen (secondary N) is 1. The van der Waals surface area contributed by atoms with Crippen LogP contribution < -0.4 is 14.4 Å². The summed E-state index contributed by atoms with van der Waals surface area (Å²) in [7, 11) is 0. The number of fused-ring (bicyclic) bond motifs is 4. The number of anilines is 1. The Morgan fingerprint density at radius 3 is 2.90 bits per heavy atom. The third-order valence-corrected chi connectivity index (χ3v) is 11.8. The van der Waals surface area contributed by atoms with Crippen LogP contribution in [0.25, 0.3) is 0 Å². The first kappa shape index (κ1) is 29.9. The number of hydrogen-bond acceptors (Lipinski definition) is 5. The van der Waals surface area contributed by atoms with Gasteiger partial charge in [0.25, 0.3) is 5.91 Å². The smallest absolute Gasteiger partial charge is 0.261 e. The van der Waals surface area contributed by atoms with Crippen LogP contribution in [-0.2, 0) is 11.8 Å². The summed E-state index contributed by atoms with van der Waals surface area (Å²) in [4.78, 5) is 16.0. The Kier molecular flexibility index (Phi) is 9.14. The standard InChI is InChI=1S/C35H45ClN2O3S/c1-3-4-10-33-23(2)7-5-9-31(39)28-14-11-26(28)20-38-21-35(17-6-8-24-18-27(36)13-15-29(24)35)22-41-32-16-12-25(19-30(32)38)34(40)37-42-33/h5,9,12-13,15-16,18-19,23,26,28,31,33,39H,3-4,6-8,10-11,14,17,20-22H2,1-2H3,(H,37,40)/b9-5-/t23-,26+,28-,31+,33-,35+/m1/s1. The molecule has 1 amide bonds. The van der Waals surface area contributed by atoms with Crippen LogP contribution >= 0.6 is 23.5 Å². The summed E-state index contributed by atoms with van der Waals surface area (Å²) in [6.45, 7) is 6.73. The minimum atomic E-state index is -0.425. The molecule has 1 spiro atoms. The molecule has 0 unspecified atom stereocenters. The first-order valence-electron chi connectivity index (χ1n) is 16.0. The van der Waals surface area contributed by atoms with Gasteiger partial charge in [-0.3, -0.25) is 9.52 Å². The molecule has 226 valence electrons. The maximum atomic E-state index is 13.5. The van der Waals surface area contributed by atoms with Crippen LogP contribution in [0.4, 0.5) is 5.69 Å². The van der Waals surface area contributed by atoms with Crippen LogP contribution in [-0.4, -0.2) is 42.1 Å². The van der Waals surface area contributed by atoms with E-state index >= 15 is 0 Å². The number of carbonyl (C=O) groups excluding carboxylic acids is 1. The molecule has 42 heavy (non-hydrogen) atoms. The van der Waals surface area contributed by atoms with Gasteiger partial charge >= 0.3 is 0 Å². The van der Waals surface area contributed by atoms with Gasteiger partial charge in [-0.15, -0.1) is 0 Å². The fourth-order valence-corrected chi connectivity index (χ4v) is 8.79. The van der Waals surface area contributed by atoms with Crippen molar-refractivity contribution < 1.29 is 14.6 Å². The van der Waals surface area contributed by atoms with E-state index in [2.05, 4.69) is 41.7 Å². The molecule has 2 aliphatic heterocycles. The van der Waals surface area contributed by atoms with Crippen molar-refractivity contribution in [1.29, 1.82) is 0 Å². The average molecular weight is 609 g/mol. The third kappa shape index (κ3) is 6.09. The van der Waals surface area contributed by atoms with Gasteiger partial charge in [-0.25, -0.2) is 0 Å². The number of nitrogens with zero attached hydrogens (tertiary/aromatic N) is 1. The number of rotatable bonds is 3. The molecule has 2 aromatic rings. The van der Waals surface area contributed by atoms with E-state index in [0.29, 0.717) is 29.3 Å². The van der Waals surface area contributed by atoms with E-state index in [4.69, 9.17) is 16.3 Å². The SMILES string of the molecule is CCCC[C@H]1SNC(=O)c2ccc3c(c2)N(C[C@@H]2CC[C@H]2[C@@H](O)/C=C\C[C@H]1C)C[C@@]1(CCCc2cc(Cl)ccc21)CO3. The van der Waals surface area contributed by atoms with E-state index in [-0.39, 0.29) is 17.2 Å². The van der Waals surface area contributed by atoms with Crippen LogP contribution in [0.1, 0.15) is 86.7 Å². The van der Waals surface area contributed by atoms with Crippen molar-refractivity contribution in [3.8, 4) is 5.75 Å². The summed E-state index contributed by atoms with van der Waals surface area (Å²) in [5, 5.41) is 12.4. The lowest BCUT2D eigenvalue weighted by atomic mass is 9.68. The second kappa shape index (κ2) is 12.8. The van der Waals surface area contributed by atoms with E-state index < -0.39 is 6.10 Å². The van der Waals surface area contributed by atoms with Crippen LogP contribution in [0.5, 0.6) is 5.75 Å². The van der Waals surface area contributed by atoms with Crippen LogP contribution in [0, 0.1) is 17.8 Å². The van der Waals surface area contributed by atoms with Gasteiger partial charge in [-0.2, -0.15) is 0 Å². The van der Waals surface area contributed by atoms with Gasteiger partial charge in [0.15, 0.2) is 0 Å². The maximum Gasteiger partial charge on any atom is 0.261 e. The quantitative estimate of drug-likeness (QED) is 0.276. The summed E-state index contributed by atoms with van der Waals surface area (Å²) in [5.74, 6) is 1.83. The lowest BCUT2D eigenvalue weighted by molar-refractivity contribution is 0.0455.